The van der Waals surface area contributed by atoms with Gasteiger partial charge in [-0.1, -0.05) is 23.2 Å². The van der Waals surface area contributed by atoms with E-state index in [2.05, 4.69) is 9.88 Å². The molecule has 3 rings (SSSR count). The molecule has 0 spiro atoms. The summed E-state index contributed by atoms with van der Waals surface area (Å²) in [5, 5.41) is 0.797. The Bertz CT molecular complexity index is 766. The van der Waals surface area contributed by atoms with Crippen molar-refractivity contribution in [3.63, 3.8) is 0 Å². The van der Waals surface area contributed by atoms with Crippen molar-refractivity contribution in [3.8, 4) is 5.75 Å². The standard InChI is InChI=1S/C18H18Cl2FN3O2/c19-13-1-4-17(22-12-13)23-6-8-24(9-7-23)18(25)5-10-26-16-3-2-14(21)11-15(16)20/h1-4,11-12H,5-10H2. The van der Waals surface area contributed by atoms with Gasteiger partial charge in [0.2, 0.25) is 5.91 Å². The van der Waals surface area contributed by atoms with Crippen molar-refractivity contribution in [3.05, 3.63) is 52.4 Å². The summed E-state index contributed by atoms with van der Waals surface area (Å²) in [4.78, 5) is 20.5. The number of benzene rings is 1. The van der Waals surface area contributed by atoms with Gasteiger partial charge in [0.25, 0.3) is 0 Å². The van der Waals surface area contributed by atoms with E-state index >= 15 is 0 Å². The first-order valence-corrected chi connectivity index (χ1v) is 9.00. The molecule has 0 radical (unpaired) electrons. The van der Waals surface area contributed by atoms with E-state index in [1.165, 1.54) is 18.2 Å². The topological polar surface area (TPSA) is 45.7 Å². The molecule has 2 aromatic rings. The zero-order chi connectivity index (χ0) is 18.5. The van der Waals surface area contributed by atoms with Crippen LogP contribution in [0.5, 0.6) is 5.75 Å². The lowest BCUT2D eigenvalue weighted by atomic mass is 10.2. The number of piperazine rings is 1. The van der Waals surface area contributed by atoms with Crippen LogP contribution in [0.15, 0.2) is 36.5 Å². The SMILES string of the molecule is O=C(CCOc1ccc(F)cc1Cl)N1CCN(c2ccc(Cl)cn2)CC1. The van der Waals surface area contributed by atoms with Crippen molar-refractivity contribution >= 4 is 34.9 Å². The third kappa shape index (κ3) is 4.77. The highest BCUT2D eigenvalue weighted by atomic mass is 35.5. The van der Waals surface area contributed by atoms with E-state index in [4.69, 9.17) is 27.9 Å². The van der Waals surface area contributed by atoms with Crippen molar-refractivity contribution in [2.75, 3.05) is 37.7 Å². The van der Waals surface area contributed by atoms with Crippen LogP contribution in [0.1, 0.15) is 6.42 Å². The highest BCUT2D eigenvalue weighted by Crippen LogP contribution is 2.25. The molecule has 0 bridgehead atoms. The minimum absolute atomic E-state index is 0.0203. The van der Waals surface area contributed by atoms with Crippen LogP contribution in [0.2, 0.25) is 10.0 Å². The fraction of sp³-hybridized carbons (Fsp3) is 0.333. The number of ether oxygens (including phenoxy) is 1. The maximum atomic E-state index is 13.0. The molecule has 0 unspecified atom stereocenters. The van der Waals surface area contributed by atoms with Gasteiger partial charge in [0.15, 0.2) is 0 Å². The van der Waals surface area contributed by atoms with Crippen LogP contribution < -0.4 is 9.64 Å². The number of rotatable bonds is 5. The fourth-order valence-corrected chi connectivity index (χ4v) is 3.07. The minimum atomic E-state index is -0.425. The predicted octanol–water partition coefficient (Wildman–Crippen LogP) is 3.65. The van der Waals surface area contributed by atoms with E-state index in [0.29, 0.717) is 37.0 Å². The Morgan fingerprint density at radius 3 is 2.58 bits per heavy atom. The number of carbonyl (C=O) groups is 1. The molecule has 1 saturated heterocycles. The lowest BCUT2D eigenvalue weighted by Crippen LogP contribution is -2.49. The average Bonchev–Trinajstić information content (AvgIpc) is 2.64. The highest BCUT2D eigenvalue weighted by molar-refractivity contribution is 6.32. The molecular weight excluding hydrogens is 380 g/mol. The Balaban J connectivity index is 1.44. The van der Waals surface area contributed by atoms with Crippen molar-refractivity contribution in [1.29, 1.82) is 0 Å². The lowest BCUT2D eigenvalue weighted by molar-refractivity contribution is -0.132. The van der Waals surface area contributed by atoms with E-state index in [0.717, 1.165) is 5.82 Å². The molecule has 0 N–H and O–H groups in total. The normalized spacial score (nSPS) is 14.4. The fourth-order valence-electron chi connectivity index (χ4n) is 2.74. The molecule has 0 atom stereocenters. The van der Waals surface area contributed by atoms with Gasteiger partial charge in [0.05, 0.1) is 23.1 Å². The van der Waals surface area contributed by atoms with E-state index < -0.39 is 5.82 Å². The molecule has 5 nitrogen and oxygen atoms in total. The van der Waals surface area contributed by atoms with Crippen LogP contribution in [0.3, 0.4) is 0 Å². The molecule has 1 aliphatic rings. The van der Waals surface area contributed by atoms with Gasteiger partial charge in [-0.2, -0.15) is 0 Å². The molecule has 2 heterocycles. The van der Waals surface area contributed by atoms with Gasteiger partial charge in [-0.25, -0.2) is 9.37 Å². The Morgan fingerprint density at radius 1 is 1.15 bits per heavy atom. The summed E-state index contributed by atoms with van der Waals surface area (Å²) in [6, 6.07) is 7.59. The number of carbonyl (C=O) groups excluding carboxylic acids is 1. The second kappa shape index (κ2) is 8.56. The van der Waals surface area contributed by atoms with Crippen molar-refractivity contribution in [2.24, 2.45) is 0 Å². The second-order valence-electron chi connectivity index (χ2n) is 5.88. The largest absolute Gasteiger partial charge is 0.491 e. The number of hydrogen-bond donors (Lipinski definition) is 0. The zero-order valence-corrected chi connectivity index (χ0v) is 15.5. The molecule has 26 heavy (non-hydrogen) atoms. The Labute approximate surface area is 161 Å². The van der Waals surface area contributed by atoms with Gasteiger partial charge >= 0.3 is 0 Å². The Hall–Kier alpha value is -2.05. The molecule has 138 valence electrons. The first-order chi connectivity index (χ1) is 12.5. The number of anilines is 1. The van der Waals surface area contributed by atoms with Gasteiger partial charge < -0.3 is 14.5 Å². The lowest BCUT2D eigenvalue weighted by Gasteiger charge is -2.35. The highest BCUT2D eigenvalue weighted by Gasteiger charge is 2.21. The smallest absolute Gasteiger partial charge is 0.226 e. The number of pyridine rings is 1. The summed E-state index contributed by atoms with van der Waals surface area (Å²) < 4.78 is 18.5. The molecule has 1 amide bonds. The molecule has 1 fully saturated rings. The van der Waals surface area contributed by atoms with Gasteiger partial charge in [-0.3, -0.25) is 4.79 Å². The number of amides is 1. The molecule has 1 aromatic heterocycles. The van der Waals surface area contributed by atoms with Crippen LogP contribution >= 0.6 is 23.2 Å². The van der Waals surface area contributed by atoms with E-state index in [1.54, 1.807) is 12.3 Å². The van der Waals surface area contributed by atoms with Gasteiger partial charge in [0.1, 0.15) is 17.4 Å². The van der Waals surface area contributed by atoms with E-state index in [-0.39, 0.29) is 24.0 Å². The van der Waals surface area contributed by atoms with Crippen LogP contribution in [0.4, 0.5) is 10.2 Å². The Morgan fingerprint density at radius 2 is 1.92 bits per heavy atom. The Kier molecular flexibility index (Phi) is 6.16. The third-order valence-corrected chi connectivity index (χ3v) is 4.65. The van der Waals surface area contributed by atoms with Crippen molar-refractivity contribution in [1.82, 2.24) is 9.88 Å². The first kappa shape index (κ1) is 18.7. The van der Waals surface area contributed by atoms with Gasteiger partial charge in [-0.15, -0.1) is 0 Å². The van der Waals surface area contributed by atoms with Crippen LogP contribution in [0.25, 0.3) is 0 Å². The monoisotopic (exact) mass is 397 g/mol. The van der Waals surface area contributed by atoms with Crippen LogP contribution in [0, 0.1) is 5.82 Å². The minimum Gasteiger partial charge on any atom is -0.491 e. The number of nitrogens with zero attached hydrogens (tertiary/aromatic N) is 3. The molecule has 0 saturated carbocycles. The van der Waals surface area contributed by atoms with E-state index in [1.807, 2.05) is 11.0 Å². The summed E-state index contributed by atoms with van der Waals surface area (Å²) in [6.07, 6.45) is 1.86. The summed E-state index contributed by atoms with van der Waals surface area (Å²) >= 11 is 11.8. The summed E-state index contributed by atoms with van der Waals surface area (Å²) in [5.74, 6) is 0.828. The third-order valence-electron chi connectivity index (χ3n) is 4.14. The molecule has 1 aliphatic heterocycles. The summed E-state index contributed by atoms with van der Waals surface area (Å²) in [5.41, 5.74) is 0. The molecule has 8 heteroatoms. The quantitative estimate of drug-likeness (QED) is 0.772. The zero-order valence-electron chi connectivity index (χ0n) is 14.0. The van der Waals surface area contributed by atoms with Crippen molar-refractivity contribution in [2.45, 2.75) is 6.42 Å². The predicted molar refractivity (Wildman–Crippen MR) is 99.6 cm³/mol. The summed E-state index contributed by atoms with van der Waals surface area (Å²) in [6.45, 7) is 2.88. The summed E-state index contributed by atoms with van der Waals surface area (Å²) in [7, 11) is 0. The first-order valence-electron chi connectivity index (χ1n) is 8.25. The van der Waals surface area contributed by atoms with Crippen LogP contribution in [-0.2, 0) is 4.79 Å². The number of hydrogen-bond acceptors (Lipinski definition) is 4. The average molecular weight is 398 g/mol. The van der Waals surface area contributed by atoms with Crippen LogP contribution in [-0.4, -0.2) is 48.6 Å². The maximum Gasteiger partial charge on any atom is 0.226 e. The van der Waals surface area contributed by atoms with Crippen molar-refractivity contribution < 1.29 is 13.9 Å². The molecule has 0 aliphatic carbocycles. The molecular formula is C18H18Cl2FN3O2. The van der Waals surface area contributed by atoms with Gasteiger partial charge in [0, 0.05) is 32.4 Å². The number of aromatic nitrogens is 1. The van der Waals surface area contributed by atoms with Gasteiger partial charge in [-0.05, 0) is 30.3 Å². The van der Waals surface area contributed by atoms with E-state index in [9.17, 15) is 9.18 Å². The second-order valence-corrected chi connectivity index (χ2v) is 6.72. The number of halogens is 3. The molecule has 1 aromatic carbocycles. The maximum absolute atomic E-state index is 13.0.